The highest BCUT2D eigenvalue weighted by atomic mass is 32.1. The number of methoxy groups -OCH3 is 1. The molecule has 1 aliphatic heterocycles. The summed E-state index contributed by atoms with van der Waals surface area (Å²) >= 11 is 1.60. The van der Waals surface area contributed by atoms with Crippen molar-refractivity contribution in [3.63, 3.8) is 0 Å². The highest BCUT2D eigenvalue weighted by Crippen LogP contribution is 2.38. The molecule has 12 heteroatoms. The van der Waals surface area contributed by atoms with E-state index in [0.717, 1.165) is 33.9 Å². The van der Waals surface area contributed by atoms with Gasteiger partial charge in [-0.3, -0.25) is 4.79 Å². The summed E-state index contributed by atoms with van der Waals surface area (Å²) in [6.07, 6.45) is 0.642. The van der Waals surface area contributed by atoms with Crippen molar-refractivity contribution in [2.24, 2.45) is 13.0 Å². The number of piperidine rings is 1. The molecule has 218 valence electrons. The van der Waals surface area contributed by atoms with Crippen molar-refractivity contribution < 1.29 is 23.5 Å². The molecule has 0 unspecified atom stereocenters. The summed E-state index contributed by atoms with van der Waals surface area (Å²) < 4.78 is 31.1. The van der Waals surface area contributed by atoms with E-state index < -0.39 is 23.9 Å². The number of hydrogen-bond acceptors (Lipinski definition) is 7. The van der Waals surface area contributed by atoms with Crippen LogP contribution in [0.25, 0.3) is 32.9 Å². The molecule has 0 spiro atoms. The number of imidazole rings is 1. The fraction of sp³-hybridized carbons (Fsp3) is 0.517. The Morgan fingerprint density at radius 2 is 1.98 bits per heavy atom. The summed E-state index contributed by atoms with van der Waals surface area (Å²) in [4.78, 5) is 37.0. The van der Waals surface area contributed by atoms with Gasteiger partial charge in [0, 0.05) is 32.1 Å². The Labute approximate surface area is 241 Å². The van der Waals surface area contributed by atoms with E-state index >= 15 is 0 Å². The highest BCUT2D eigenvalue weighted by molar-refractivity contribution is 7.16. The van der Waals surface area contributed by atoms with Gasteiger partial charge in [0.15, 0.2) is 11.5 Å². The molecule has 2 fully saturated rings. The van der Waals surface area contributed by atoms with Crippen molar-refractivity contribution in [3.8, 4) is 17.3 Å². The highest BCUT2D eigenvalue weighted by Gasteiger charge is 2.33. The van der Waals surface area contributed by atoms with Crippen molar-refractivity contribution in [2.75, 3.05) is 20.2 Å². The summed E-state index contributed by atoms with van der Waals surface area (Å²) in [7, 11) is 3.50. The maximum Gasteiger partial charge on any atom is 0.407 e. The van der Waals surface area contributed by atoms with E-state index in [9.17, 15) is 14.0 Å². The second-order valence-electron chi connectivity index (χ2n) is 12.1. The Morgan fingerprint density at radius 1 is 1.20 bits per heavy atom. The van der Waals surface area contributed by atoms with Crippen molar-refractivity contribution in [2.45, 2.75) is 64.4 Å². The average molecular weight is 583 g/mol. The number of nitrogens with one attached hydrogen (secondary N) is 1. The number of aromatic nitrogens is 4. The van der Waals surface area contributed by atoms with Crippen LogP contribution >= 0.6 is 11.3 Å². The predicted molar refractivity (Wildman–Crippen MR) is 155 cm³/mol. The third-order valence-corrected chi connectivity index (χ3v) is 8.33. The van der Waals surface area contributed by atoms with Gasteiger partial charge in [0.1, 0.15) is 23.0 Å². The molecule has 1 saturated carbocycles. The molecule has 0 radical (unpaired) electrons. The molecule has 1 aliphatic carbocycles. The Hall–Kier alpha value is -3.67. The number of nitrogens with zero attached hydrogens (tertiary/aromatic N) is 5. The van der Waals surface area contributed by atoms with Gasteiger partial charge in [0.25, 0.3) is 5.91 Å². The lowest BCUT2D eigenvalue weighted by atomic mass is 10.0. The van der Waals surface area contributed by atoms with Gasteiger partial charge < -0.3 is 28.8 Å². The number of benzene rings is 1. The molecule has 4 aromatic rings. The quantitative estimate of drug-likeness (QED) is 0.337. The number of alkyl halides is 1. The number of ether oxygens (including phenoxy) is 2. The Bertz CT molecular complexity index is 1630. The minimum absolute atomic E-state index is 0.0580. The maximum atomic E-state index is 14.8. The van der Waals surface area contributed by atoms with Gasteiger partial charge in [-0.25, -0.2) is 19.2 Å². The molecule has 3 aromatic heterocycles. The number of carbonyl (C=O) groups is 2. The normalized spacial score (nSPS) is 19.6. The topological polar surface area (TPSA) is 104 Å². The van der Waals surface area contributed by atoms with Gasteiger partial charge in [0.05, 0.1) is 41.1 Å². The van der Waals surface area contributed by atoms with Crippen LogP contribution in [-0.4, -0.2) is 74.0 Å². The summed E-state index contributed by atoms with van der Waals surface area (Å²) in [6.45, 7) is 6.29. The van der Waals surface area contributed by atoms with Crippen LogP contribution in [0.4, 0.5) is 9.18 Å². The smallest absolute Gasteiger partial charge is 0.407 e. The summed E-state index contributed by atoms with van der Waals surface area (Å²) in [5, 5.41) is 2.71. The standard InChI is InChI=1S/C29H35FN6O4S/c1-29(2,3)40-28(38)32-19-10-18(30)13-35(14-19)27(37)17-8-20-24(22(9-17)39-5)34(4)25(33-20)21-11-23-26(31-15-41-23)36(21)12-16-6-7-16/h8-9,11,15-16,18-19H,6-7,10,12-14H2,1-5H3,(H,32,38)/t18-,19-/m1/s1. The van der Waals surface area contributed by atoms with Crippen LogP contribution in [0.15, 0.2) is 23.7 Å². The Kier molecular flexibility index (Phi) is 6.91. The first-order chi connectivity index (χ1) is 19.5. The Balaban J connectivity index is 1.31. The molecule has 6 rings (SSSR count). The lowest BCUT2D eigenvalue weighted by Gasteiger charge is -2.35. The van der Waals surface area contributed by atoms with E-state index in [4.69, 9.17) is 14.5 Å². The molecule has 10 nitrogen and oxygen atoms in total. The number of rotatable bonds is 6. The summed E-state index contributed by atoms with van der Waals surface area (Å²) in [5.74, 6) is 1.57. The molecule has 2 aliphatic rings. The number of hydrogen-bond donors (Lipinski definition) is 1. The number of alkyl carbamates (subject to hydrolysis) is 1. The first kappa shape index (κ1) is 27.5. The summed E-state index contributed by atoms with van der Waals surface area (Å²) in [6, 6.07) is 4.97. The van der Waals surface area contributed by atoms with Crippen LogP contribution in [-0.2, 0) is 18.3 Å². The first-order valence-corrected chi connectivity index (χ1v) is 14.8. The van der Waals surface area contributed by atoms with Crippen LogP contribution in [0.2, 0.25) is 0 Å². The zero-order chi connectivity index (χ0) is 29.1. The minimum atomic E-state index is -1.28. The second-order valence-corrected chi connectivity index (χ2v) is 12.9. The number of amides is 2. The van der Waals surface area contributed by atoms with Gasteiger partial charge in [-0.1, -0.05) is 0 Å². The third-order valence-electron chi connectivity index (χ3n) is 7.56. The third kappa shape index (κ3) is 5.49. The number of fused-ring (bicyclic) bond motifs is 2. The molecule has 41 heavy (non-hydrogen) atoms. The monoisotopic (exact) mass is 582 g/mol. The molecular formula is C29H35FN6O4S. The molecule has 1 saturated heterocycles. The molecule has 1 N–H and O–H groups in total. The van der Waals surface area contributed by atoms with E-state index in [1.54, 1.807) is 51.4 Å². The number of halogens is 1. The minimum Gasteiger partial charge on any atom is -0.494 e. The maximum absolute atomic E-state index is 14.8. The van der Waals surface area contributed by atoms with E-state index in [1.807, 2.05) is 17.1 Å². The van der Waals surface area contributed by atoms with Gasteiger partial charge in [-0.15, -0.1) is 11.3 Å². The fourth-order valence-corrected chi connectivity index (χ4v) is 6.29. The SMILES string of the molecule is COc1cc(C(=O)N2C[C@H](F)C[C@@H](NC(=O)OC(C)(C)C)C2)cc2nc(-c3cc4scnc4n3CC3CC3)n(C)c12. The molecule has 2 amide bonds. The van der Waals surface area contributed by atoms with Gasteiger partial charge in [-0.2, -0.15) is 0 Å². The van der Waals surface area contributed by atoms with Crippen LogP contribution in [0.5, 0.6) is 5.75 Å². The van der Waals surface area contributed by atoms with E-state index in [-0.39, 0.29) is 25.4 Å². The molecule has 0 bridgehead atoms. The average Bonchev–Trinajstić information content (AvgIpc) is 3.34. The Morgan fingerprint density at radius 3 is 2.68 bits per heavy atom. The first-order valence-electron chi connectivity index (χ1n) is 13.9. The largest absolute Gasteiger partial charge is 0.494 e. The van der Waals surface area contributed by atoms with E-state index in [1.165, 1.54) is 17.7 Å². The number of likely N-dealkylation sites (tertiary alicyclic amines) is 1. The molecule has 1 aromatic carbocycles. The lowest BCUT2D eigenvalue weighted by Crippen LogP contribution is -2.54. The van der Waals surface area contributed by atoms with Crippen molar-refractivity contribution in [3.05, 3.63) is 29.3 Å². The van der Waals surface area contributed by atoms with Crippen LogP contribution in [0.1, 0.15) is 50.4 Å². The van der Waals surface area contributed by atoms with Gasteiger partial charge in [-0.05, 0) is 57.7 Å². The van der Waals surface area contributed by atoms with E-state index in [2.05, 4.69) is 20.9 Å². The van der Waals surface area contributed by atoms with E-state index in [0.29, 0.717) is 22.7 Å². The predicted octanol–water partition coefficient (Wildman–Crippen LogP) is 5.15. The van der Waals surface area contributed by atoms with Crippen molar-refractivity contribution in [1.82, 2.24) is 29.3 Å². The zero-order valence-electron chi connectivity index (χ0n) is 23.9. The number of aryl methyl sites for hydroxylation is 1. The zero-order valence-corrected chi connectivity index (χ0v) is 24.8. The van der Waals surface area contributed by atoms with Gasteiger partial charge >= 0.3 is 6.09 Å². The summed E-state index contributed by atoms with van der Waals surface area (Å²) in [5.41, 5.74) is 4.85. The lowest BCUT2D eigenvalue weighted by molar-refractivity contribution is 0.0394. The van der Waals surface area contributed by atoms with Crippen molar-refractivity contribution in [1.29, 1.82) is 0 Å². The molecular weight excluding hydrogens is 547 g/mol. The van der Waals surface area contributed by atoms with Crippen LogP contribution in [0.3, 0.4) is 0 Å². The molecule has 4 heterocycles. The van der Waals surface area contributed by atoms with Crippen LogP contribution in [0, 0.1) is 5.92 Å². The fourth-order valence-electron chi connectivity index (χ4n) is 5.58. The molecule has 2 atom stereocenters. The van der Waals surface area contributed by atoms with Gasteiger partial charge in [0.2, 0.25) is 0 Å². The number of carbonyl (C=O) groups excluding carboxylic acids is 2. The second kappa shape index (κ2) is 10.3. The van der Waals surface area contributed by atoms with Crippen LogP contribution < -0.4 is 10.1 Å². The number of thiazole rings is 1. The van der Waals surface area contributed by atoms with Crippen molar-refractivity contribution >= 4 is 44.7 Å².